The number of aliphatic hydroxyl groups is 2. The van der Waals surface area contributed by atoms with Gasteiger partial charge in [0.15, 0.2) is 0 Å². The van der Waals surface area contributed by atoms with E-state index < -0.39 is 12.2 Å². The van der Waals surface area contributed by atoms with Gasteiger partial charge < -0.3 is 21.7 Å². The van der Waals surface area contributed by atoms with E-state index >= 15 is 0 Å². The third kappa shape index (κ3) is 2.15. The van der Waals surface area contributed by atoms with Crippen molar-refractivity contribution in [2.24, 2.45) is 0 Å². The minimum atomic E-state index is -0.874. The molecule has 80 valence electrons. The Bertz CT molecular complexity index is 300. The lowest BCUT2D eigenvalue weighted by Crippen LogP contribution is -2.30. The summed E-state index contributed by atoms with van der Waals surface area (Å²) in [5.41, 5.74) is 11.4. The van der Waals surface area contributed by atoms with Crippen LogP contribution in [0, 0.1) is 0 Å². The van der Waals surface area contributed by atoms with Crippen molar-refractivity contribution in [2.45, 2.75) is 32.1 Å². The van der Waals surface area contributed by atoms with Crippen molar-refractivity contribution in [3.05, 3.63) is 6.20 Å². The number of nitrogens with zero attached hydrogens (tertiary/aromatic N) is 2. The lowest BCUT2D eigenvalue weighted by Gasteiger charge is -2.16. The molecule has 0 saturated carbocycles. The molecule has 1 rings (SSSR count). The van der Waals surface area contributed by atoms with Crippen LogP contribution in [0.25, 0.3) is 0 Å². The number of aliphatic hydroxyl groups excluding tert-OH is 2. The van der Waals surface area contributed by atoms with Crippen LogP contribution >= 0.6 is 0 Å². The van der Waals surface area contributed by atoms with E-state index in [4.69, 9.17) is 11.5 Å². The summed E-state index contributed by atoms with van der Waals surface area (Å²) in [6.07, 6.45) is 0.263. The second-order valence-corrected chi connectivity index (χ2v) is 3.21. The average Bonchev–Trinajstić information content (AvgIpc) is 2.48. The summed E-state index contributed by atoms with van der Waals surface area (Å²) in [5, 5.41) is 22.7. The van der Waals surface area contributed by atoms with Gasteiger partial charge in [-0.25, -0.2) is 4.68 Å². The van der Waals surface area contributed by atoms with E-state index in [0.29, 0.717) is 17.9 Å². The first-order valence-electron chi connectivity index (χ1n) is 4.49. The number of hydrogen-bond donors (Lipinski definition) is 4. The minimum Gasteiger partial charge on any atom is -0.394 e. The largest absolute Gasteiger partial charge is 0.394 e. The van der Waals surface area contributed by atoms with E-state index in [9.17, 15) is 10.2 Å². The summed E-state index contributed by atoms with van der Waals surface area (Å²) < 4.78 is 1.37. The Kier molecular flexibility index (Phi) is 3.32. The van der Waals surface area contributed by atoms with Crippen molar-refractivity contribution in [3.63, 3.8) is 0 Å². The van der Waals surface area contributed by atoms with Crippen molar-refractivity contribution in [3.8, 4) is 0 Å². The number of nitrogen functional groups attached to an aromatic ring is 2. The fourth-order valence-corrected chi connectivity index (χ4v) is 1.13. The fourth-order valence-electron chi connectivity index (χ4n) is 1.13. The van der Waals surface area contributed by atoms with E-state index in [1.807, 2.05) is 0 Å². The summed E-state index contributed by atoms with van der Waals surface area (Å²) in [5.74, 6) is 0.312. The van der Waals surface area contributed by atoms with Gasteiger partial charge >= 0.3 is 0 Å². The third-order valence-electron chi connectivity index (χ3n) is 2.13. The molecular formula is C8H16N4O2. The van der Waals surface area contributed by atoms with Crippen molar-refractivity contribution in [1.29, 1.82) is 0 Å². The molecule has 0 fully saturated rings. The number of anilines is 2. The summed E-state index contributed by atoms with van der Waals surface area (Å²) in [6, 6.07) is 0. The van der Waals surface area contributed by atoms with E-state index in [2.05, 4.69) is 5.10 Å². The Labute approximate surface area is 82.1 Å². The summed E-state index contributed by atoms with van der Waals surface area (Å²) in [7, 11) is 0. The van der Waals surface area contributed by atoms with Crippen LogP contribution in [-0.4, -0.2) is 32.2 Å². The summed E-state index contributed by atoms with van der Waals surface area (Å²) in [4.78, 5) is 0. The highest BCUT2D eigenvalue weighted by Crippen LogP contribution is 2.13. The summed E-state index contributed by atoms with van der Waals surface area (Å²) in [6.45, 7) is 1.94. The lowest BCUT2D eigenvalue weighted by molar-refractivity contribution is 0.00610. The Balaban J connectivity index is 2.64. The second kappa shape index (κ2) is 4.30. The number of aromatic nitrogens is 2. The van der Waals surface area contributed by atoms with Gasteiger partial charge in [0.1, 0.15) is 5.82 Å². The van der Waals surface area contributed by atoms with E-state index in [-0.39, 0.29) is 6.54 Å². The molecule has 0 spiro atoms. The number of rotatable bonds is 4. The van der Waals surface area contributed by atoms with Crippen molar-refractivity contribution in [2.75, 3.05) is 11.5 Å². The minimum absolute atomic E-state index is 0.151. The van der Waals surface area contributed by atoms with Crippen LogP contribution in [0.15, 0.2) is 6.20 Å². The van der Waals surface area contributed by atoms with Gasteiger partial charge in [-0.05, 0) is 6.42 Å². The molecule has 0 bridgehead atoms. The van der Waals surface area contributed by atoms with Crippen LogP contribution in [0.2, 0.25) is 0 Å². The molecule has 6 heteroatoms. The Hall–Kier alpha value is -1.27. The predicted octanol–water partition coefficient (Wildman–Crippen LogP) is -0.821. The SMILES string of the molecule is CCC(O)C(O)Cn1ncc(N)c1N. The summed E-state index contributed by atoms with van der Waals surface area (Å²) >= 11 is 0. The van der Waals surface area contributed by atoms with Crippen LogP contribution in [-0.2, 0) is 6.54 Å². The molecule has 2 atom stereocenters. The zero-order valence-corrected chi connectivity index (χ0v) is 8.09. The van der Waals surface area contributed by atoms with Crippen LogP contribution in [0.4, 0.5) is 11.5 Å². The third-order valence-corrected chi connectivity index (χ3v) is 2.13. The first kappa shape index (κ1) is 10.8. The van der Waals surface area contributed by atoms with E-state index in [1.165, 1.54) is 10.9 Å². The maximum absolute atomic E-state index is 9.50. The van der Waals surface area contributed by atoms with Gasteiger partial charge in [0.05, 0.1) is 30.6 Å². The predicted molar refractivity (Wildman–Crippen MR) is 53.4 cm³/mol. The van der Waals surface area contributed by atoms with Gasteiger partial charge in [0, 0.05) is 0 Å². The fraction of sp³-hybridized carbons (Fsp3) is 0.625. The smallest absolute Gasteiger partial charge is 0.145 e. The lowest BCUT2D eigenvalue weighted by atomic mass is 10.1. The highest BCUT2D eigenvalue weighted by Gasteiger charge is 2.16. The molecule has 0 aliphatic heterocycles. The molecule has 6 nitrogen and oxygen atoms in total. The van der Waals surface area contributed by atoms with Gasteiger partial charge in [0.25, 0.3) is 0 Å². The van der Waals surface area contributed by atoms with Crippen molar-refractivity contribution in [1.82, 2.24) is 9.78 Å². The zero-order valence-electron chi connectivity index (χ0n) is 8.09. The van der Waals surface area contributed by atoms with Crippen molar-refractivity contribution >= 4 is 11.5 Å². The average molecular weight is 200 g/mol. The molecule has 0 aliphatic carbocycles. The zero-order chi connectivity index (χ0) is 10.7. The van der Waals surface area contributed by atoms with Gasteiger partial charge in [-0.3, -0.25) is 0 Å². The molecule has 2 unspecified atom stereocenters. The van der Waals surface area contributed by atoms with E-state index in [0.717, 1.165) is 0 Å². The Morgan fingerprint density at radius 3 is 2.50 bits per heavy atom. The highest BCUT2D eigenvalue weighted by atomic mass is 16.3. The molecule has 0 aromatic carbocycles. The molecule has 1 heterocycles. The van der Waals surface area contributed by atoms with Gasteiger partial charge in [-0.2, -0.15) is 5.10 Å². The van der Waals surface area contributed by atoms with Crippen LogP contribution in [0.5, 0.6) is 0 Å². The Morgan fingerprint density at radius 2 is 2.07 bits per heavy atom. The molecule has 0 aliphatic rings. The van der Waals surface area contributed by atoms with E-state index in [1.54, 1.807) is 6.92 Å². The van der Waals surface area contributed by atoms with Gasteiger partial charge in [-0.15, -0.1) is 0 Å². The normalized spacial score (nSPS) is 15.4. The van der Waals surface area contributed by atoms with Crippen LogP contribution in [0.3, 0.4) is 0 Å². The second-order valence-electron chi connectivity index (χ2n) is 3.21. The van der Waals surface area contributed by atoms with Crippen LogP contribution < -0.4 is 11.5 Å². The Morgan fingerprint density at radius 1 is 1.43 bits per heavy atom. The maximum Gasteiger partial charge on any atom is 0.145 e. The molecular weight excluding hydrogens is 184 g/mol. The first-order chi connectivity index (χ1) is 6.56. The highest BCUT2D eigenvalue weighted by molar-refractivity contribution is 5.56. The van der Waals surface area contributed by atoms with Crippen molar-refractivity contribution < 1.29 is 10.2 Å². The monoisotopic (exact) mass is 200 g/mol. The molecule has 0 saturated heterocycles. The van der Waals surface area contributed by atoms with Crippen LogP contribution in [0.1, 0.15) is 13.3 Å². The molecule has 0 radical (unpaired) electrons. The molecule has 6 N–H and O–H groups in total. The van der Waals surface area contributed by atoms with Gasteiger partial charge in [-0.1, -0.05) is 6.92 Å². The topological polar surface area (TPSA) is 110 Å². The first-order valence-corrected chi connectivity index (χ1v) is 4.49. The maximum atomic E-state index is 9.50. The molecule has 1 aromatic rings. The molecule has 0 amide bonds. The standard InChI is InChI=1S/C8H16N4O2/c1-2-6(13)7(14)4-12-8(10)5(9)3-11-12/h3,6-7,13-14H,2,4,9-10H2,1H3. The quantitative estimate of drug-likeness (QED) is 0.507. The number of nitrogens with two attached hydrogens (primary N) is 2. The number of hydrogen-bond acceptors (Lipinski definition) is 5. The molecule has 14 heavy (non-hydrogen) atoms. The molecule has 1 aromatic heterocycles. The van der Waals surface area contributed by atoms with Gasteiger partial charge in [0.2, 0.25) is 0 Å².